The lowest BCUT2D eigenvalue weighted by molar-refractivity contribution is 0.184. The van der Waals surface area contributed by atoms with Gasteiger partial charge in [0, 0.05) is 18.9 Å². The quantitative estimate of drug-likeness (QED) is 0.544. The molecule has 0 N–H and O–H groups in total. The van der Waals surface area contributed by atoms with E-state index in [0.29, 0.717) is 19.1 Å². The number of thiazole rings is 1. The van der Waals surface area contributed by atoms with E-state index in [1.54, 1.807) is 18.4 Å². The Labute approximate surface area is 128 Å². The second-order valence-corrected chi connectivity index (χ2v) is 5.61. The first-order valence-electron chi connectivity index (χ1n) is 6.51. The standard InChI is InChI=1S/C15H18ClNO2S/c1-18-10-12-4-2-5-14(8-12)19-7-3-6-15-17-13(9-16)11-20-15/h2,4-5,8,11H,3,6-7,9-10H2,1H3. The topological polar surface area (TPSA) is 31.4 Å². The highest BCUT2D eigenvalue weighted by Crippen LogP contribution is 2.16. The average molecular weight is 312 g/mol. The number of rotatable bonds is 8. The van der Waals surface area contributed by atoms with Gasteiger partial charge in [0.05, 0.1) is 29.8 Å². The van der Waals surface area contributed by atoms with Gasteiger partial charge >= 0.3 is 0 Å². The molecular formula is C15H18ClNO2S. The second kappa shape index (κ2) is 8.25. The lowest BCUT2D eigenvalue weighted by Gasteiger charge is -2.07. The third-order valence-electron chi connectivity index (χ3n) is 2.75. The maximum atomic E-state index is 5.74. The van der Waals surface area contributed by atoms with Crippen molar-refractivity contribution in [2.24, 2.45) is 0 Å². The van der Waals surface area contributed by atoms with Crippen LogP contribution in [0, 0.1) is 0 Å². The Morgan fingerprint density at radius 2 is 2.25 bits per heavy atom. The first kappa shape index (κ1) is 15.3. The zero-order valence-corrected chi connectivity index (χ0v) is 13.0. The molecule has 0 atom stereocenters. The molecule has 0 spiro atoms. The van der Waals surface area contributed by atoms with E-state index in [-0.39, 0.29) is 0 Å². The fraction of sp³-hybridized carbons (Fsp3) is 0.400. The number of aryl methyl sites for hydroxylation is 1. The van der Waals surface area contributed by atoms with Crippen molar-refractivity contribution in [3.8, 4) is 5.75 Å². The van der Waals surface area contributed by atoms with Gasteiger partial charge in [-0.25, -0.2) is 4.98 Å². The lowest BCUT2D eigenvalue weighted by Crippen LogP contribution is -2.00. The molecule has 0 radical (unpaired) electrons. The molecule has 2 rings (SSSR count). The predicted octanol–water partition coefficient (Wildman–Crippen LogP) is 4.04. The highest BCUT2D eigenvalue weighted by molar-refractivity contribution is 7.09. The van der Waals surface area contributed by atoms with Crippen LogP contribution in [-0.2, 0) is 23.6 Å². The van der Waals surface area contributed by atoms with Gasteiger partial charge in [-0.1, -0.05) is 12.1 Å². The largest absolute Gasteiger partial charge is 0.494 e. The second-order valence-electron chi connectivity index (χ2n) is 4.40. The number of benzene rings is 1. The number of hydrogen-bond acceptors (Lipinski definition) is 4. The third kappa shape index (κ3) is 4.78. The molecule has 0 aliphatic rings. The average Bonchev–Trinajstić information content (AvgIpc) is 2.92. The Hall–Kier alpha value is -1.10. The van der Waals surface area contributed by atoms with Crippen LogP contribution in [0.4, 0.5) is 0 Å². The highest BCUT2D eigenvalue weighted by atomic mass is 35.5. The first-order chi connectivity index (χ1) is 9.81. The van der Waals surface area contributed by atoms with E-state index in [1.807, 2.05) is 29.6 Å². The van der Waals surface area contributed by atoms with Crippen LogP contribution in [0.2, 0.25) is 0 Å². The normalized spacial score (nSPS) is 10.7. The molecule has 0 aliphatic carbocycles. The summed E-state index contributed by atoms with van der Waals surface area (Å²) in [4.78, 5) is 4.43. The number of aromatic nitrogens is 1. The highest BCUT2D eigenvalue weighted by Gasteiger charge is 2.02. The zero-order valence-electron chi connectivity index (χ0n) is 11.5. The third-order valence-corrected chi connectivity index (χ3v) is 3.98. The molecule has 0 unspecified atom stereocenters. The minimum Gasteiger partial charge on any atom is -0.494 e. The van der Waals surface area contributed by atoms with Gasteiger partial charge in [0.2, 0.25) is 0 Å². The van der Waals surface area contributed by atoms with Crippen LogP contribution in [0.5, 0.6) is 5.75 Å². The van der Waals surface area contributed by atoms with Crippen molar-refractivity contribution in [2.45, 2.75) is 25.3 Å². The molecule has 0 saturated heterocycles. The van der Waals surface area contributed by atoms with Crippen LogP contribution >= 0.6 is 22.9 Å². The minimum absolute atomic E-state index is 0.485. The Morgan fingerprint density at radius 3 is 3.00 bits per heavy atom. The number of alkyl halides is 1. The molecule has 1 aromatic carbocycles. The van der Waals surface area contributed by atoms with Crippen molar-refractivity contribution in [1.29, 1.82) is 0 Å². The molecule has 0 bridgehead atoms. The summed E-state index contributed by atoms with van der Waals surface area (Å²) in [6, 6.07) is 7.99. The number of nitrogens with zero attached hydrogens (tertiary/aromatic N) is 1. The van der Waals surface area contributed by atoms with Gasteiger partial charge in [-0.2, -0.15) is 0 Å². The maximum absolute atomic E-state index is 5.74. The Bertz CT molecular complexity index is 530. The van der Waals surface area contributed by atoms with E-state index >= 15 is 0 Å². The molecule has 0 fully saturated rings. The number of hydrogen-bond donors (Lipinski definition) is 0. The van der Waals surface area contributed by atoms with Crippen LogP contribution in [0.25, 0.3) is 0 Å². The van der Waals surface area contributed by atoms with Gasteiger partial charge in [-0.3, -0.25) is 0 Å². The van der Waals surface area contributed by atoms with Crippen LogP contribution < -0.4 is 4.74 Å². The summed E-state index contributed by atoms with van der Waals surface area (Å²) in [6.07, 6.45) is 1.88. The van der Waals surface area contributed by atoms with Gasteiger partial charge < -0.3 is 9.47 Å². The predicted molar refractivity (Wildman–Crippen MR) is 82.6 cm³/mol. The summed E-state index contributed by atoms with van der Waals surface area (Å²) in [7, 11) is 1.69. The molecule has 3 nitrogen and oxygen atoms in total. The number of halogens is 1. The SMILES string of the molecule is COCc1cccc(OCCCc2nc(CCl)cs2)c1. The smallest absolute Gasteiger partial charge is 0.119 e. The first-order valence-corrected chi connectivity index (χ1v) is 7.93. The summed E-state index contributed by atoms with van der Waals surface area (Å²) in [5.74, 6) is 1.37. The van der Waals surface area contributed by atoms with Gasteiger partial charge in [0.25, 0.3) is 0 Å². The van der Waals surface area contributed by atoms with Crippen molar-refractivity contribution >= 4 is 22.9 Å². The number of methoxy groups -OCH3 is 1. The van der Waals surface area contributed by atoms with E-state index in [0.717, 1.165) is 34.9 Å². The van der Waals surface area contributed by atoms with Crippen molar-refractivity contribution in [2.75, 3.05) is 13.7 Å². The van der Waals surface area contributed by atoms with Crippen LogP contribution in [0.1, 0.15) is 22.7 Å². The van der Waals surface area contributed by atoms with E-state index in [2.05, 4.69) is 4.98 Å². The molecule has 0 saturated carbocycles. The van der Waals surface area contributed by atoms with Gasteiger partial charge in [0.15, 0.2) is 0 Å². The molecule has 2 aromatic rings. The Morgan fingerprint density at radius 1 is 1.35 bits per heavy atom. The van der Waals surface area contributed by atoms with Crippen LogP contribution in [0.3, 0.4) is 0 Å². The molecule has 0 aliphatic heterocycles. The molecule has 20 heavy (non-hydrogen) atoms. The summed E-state index contributed by atoms with van der Waals surface area (Å²) < 4.78 is 10.8. The fourth-order valence-corrected chi connectivity index (χ4v) is 2.90. The monoisotopic (exact) mass is 311 g/mol. The zero-order chi connectivity index (χ0) is 14.2. The minimum atomic E-state index is 0.485. The summed E-state index contributed by atoms with van der Waals surface area (Å²) in [6.45, 7) is 1.30. The fourth-order valence-electron chi connectivity index (χ4n) is 1.83. The van der Waals surface area contributed by atoms with E-state index in [4.69, 9.17) is 21.1 Å². The molecule has 1 aromatic heterocycles. The molecule has 5 heteroatoms. The maximum Gasteiger partial charge on any atom is 0.119 e. The van der Waals surface area contributed by atoms with Crippen molar-refractivity contribution in [3.05, 3.63) is 45.9 Å². The molecule has 1 heterocycles. The molecular weight excluding hydrogens is 294 g/mol. The van der Waals surface area contributed by atoms with Crippen molar-refractivity contribution in [3.63, 3.8) is 0 Å². The van der Waals surface area contributed by atoms with Crippen molar-refractivity contribution < 1.29 is 9.47 Å². The molecule has 108 valence electrons. The summed E-state index contributed by atoms with van der Waals surface area (Å²) >= 11 is 7.39. The summed E-state index contributed by atoms with van der Waals surface area (Å²) in [5.41, 5.74) is 2.08. The molecule has 0 amide bonds. The van der Waals surface area contributed by atoms with E-state index < -0.39 is 0 Å². The van der Waals surface area contributed by atoms with Crippen LogP contribution in [0.15, 0.2) is 29.6 Å². The van der Waals surface area contributed by atoms with Crippen molar-refractivity contribution in [1.82, 2.24) is 4.98 Å². The Balaban J connectivity index is 1.74. The van der Waals surface area contributed by atoms with Gasteiger partial charge in [-0.05, 0) is 24.1 Å². The number of ether oxygens (including phenoxy) is 2. The Kier molecular flexibility index (Phi) is 6.30. The van der Waals surface area contributed by atoms with E-state index in [1.165, 1.54) is 0 Å². The van der Waals surface area contributed by atoms with Crippen LogP contribution in [-0.4, -0.2) is 18.7 Å². The van der Waals surface area contributed by atoms with Gasteiger partial charge in [-0.15, -0.1) is 22.9 Å². The van der Waals surface area contributed by atoms with E-state index in [9.17, 15) is 0 Å². The lowest BCUT2D eigenvalue weighted by atomic mass is 10.2. The van der Waals surface area contributed by atoms with Gasteiger partial charge in [0.1, 0.15) is 5.75 Å². The summed E-state index contributed by atoms with van der Waals surface area (Å²) in [5, 5.41) is 3.13.